The van der Waals surface area contributed by atoms with Gasteiger partial charge in [0.25, 0.3) is 10.1 Å². The number of aromatic nitrogens is 1. The molecule has 0 amide bonds. The molecule has 0 spiro atoms. The van der Waals surface area contributed by atoms with Crippen molar-refractivity contribution >= 4 is 79.7 Å². The van der Waals surface area contributed by atoms with Crippen LogP contribution in [0.3, 0.4) is 0 Å². The number of anilines is 1. The summed E-state index contributed by atoms with van der Waals surface area (Å²) in [4.78, 5) is 4.06. The molecule has 32 heavy (non-hydrogen) atoms. The number of benzene rings is 3. The third-order valence-electron chi connectivity index (χ3n) is 4.59. The van der Waals surface area contributed by atoms with Gasteiger partial charge >= 0.3 is 29.6 Å². The van der Waals surface area contributed by atoms with Crippen LogP contribution < -0.4 is 5.73 Å². The van der Waals surface area contributed by atoms with E-state index < -0.39 is 10.1 Å². The summed E-state index contributed by atoms with van der Waals surface area (Å²) in [7, 11) is -4.46. The molecule has 0 aliphatic carbocycles. The van der Waals surface area contributed by atoms with Crippen LogP contribution in [0, 0.1) is 0 Å². The summed E-state index contributed by atoms with van der Waals surface area (Å²) in [6, 6.07) is 21.2. The SMILES string of the molecule is Nc1c(N=Nc2ccc(C=Cc3ccccc3)nc2)cc(S(=O)(=O)O)c2ccccc12.[NaH]. The Morgan fingerprint density at radius 3 is 2.22 bits per heavy atom. The van der Waals surface area contributed by atoms with Gasteiger partial charge in [0.15, 0.2) is 0 Å². The second-order valence-corrected chi connectivity index (χ2v) is 8.10. The van der Waals surface area contributed by atoms with E-state index in [1.165, 1.54) is 6.07 Å². The Morgan fingerprint density at radius 2 is 1.56 bits per heavy atom. The Bertz CT molecular complexity index is 1400. The predicted octanol–water partition coefficient (Wildman–Crippen LogP) is 5.00. The summed E-state index contributed by atoms with van der Waals surface area (Å²) in [6.45, 7) is 0. The fraction of sp³-hybridized carbons (Fsp3) is 0. The minimum atomic E-state index is -4.46. The average Bonchev–Trinajstić information content (AvgIpc) is 2.78. The predicted molar refractivity (Wildman–Crippen MR) is 129 cm³/mol. The van der Waals surface area contributed by atoms with Crippen molar-refractivity contribution in [2.75, 3.05) is 5.73 Å². The Balaban J connectivity index is 0.00000289. The monoisotopic (exact) mass is 454 g/mol. The molecule has 7 nitrogen and oxygen atoms in total. The maximum atomic E-state index is 11.8. The molecule has 0 atom stereocenters. The van der Waals surface area contributed by atoms with E-state index in [2.05, 4.69) is 15.2 Å². The fourth-order valence-electron chi connectivity index (χ4n) is 3.06. The van der Waals surface area contributed by atoms with Crippen LogP contribution in [0.1, 0.15) is 11.3 Å². The van der Waals surface area contributed by atoms with Crippen molar-refractivity contribution in [2.24, 2.45) is 10.2 Å². The Kier molecular flexibility index (Phi) is 7.55. The van der Waals surface area contributed by atoms with Crippen LogP contribution >= 0.6 is 0 Å². The molecular weight excluding hydrogens is 435 g/mol. The van der Waals surface area contributed by atoms with Crippen molar-refractivity contribution < 1.29 is 13.0 Å². The molecule has 9 heteroatoms. The van der Waals surface area contributed by atoms with Crippen LogP contribution in [0.25, 0.3) is 22.9 Å². The number of nitrogens with two attached hydrogens (primary N) is 1. The quantitative estimate of drug-likeness (QED) is 0.190. The molecule has 156 valence electrons. The van der Waals surface area contributed by atoms with Gasteiger partial charge in [-0.05, 0) is 29.8 Å². The van der Waals surface area contributed by atoms with Gasteiger partial charge in [-0.15, -0.1) is 10.2 Å². The first-order valence-corrected chi connectivity index (χ1v) is 10.8. The van der Waals surface area contributed by atoms with E-state index in [4.69, 9.17) is 5.73 Å². The molecule has 0 aliphatic rings. The van der Waals surface area contributed by atoms with Gasteiger partial charge in [-0.2, -0.15) is 8.42 Å². The molecule has 0 unspecified atom stereocenters. The van der Waals surface area contributed by atoms with Gasteiger partial charge in [-0.25, -0.2) is 0 Å². The Hall–Kier alpha value is -2.88. The van der Waals surface area contributed by atoms with E-state index in [-0.39, 0.29) is 45.8 Å². The summed E-state index contributed by atoms with van der Waals surface area (Å²) >= 11 is 0. The number of nitrogens with zero attached hydrogens (tertiary/aromatic N) is 3. The van der Waals surface area contributed by atoms with Crippen molar-refractivity contribution in [3.63, 3.8) is 0 Å². The fourth-order valence-corrected chi connectivity index (χ4v) is 3.78. The number of hydrogen-bond acceptors (Lipinski definition) is 6. The van der Waals surface area contributed by atoms with E-state index in [1.54, 1.807) is 42.6 Å². The van der Waals surface area contributed by atoms with Gasteiger partial charge in [-0.1, -0.05) is 60.7 Å². The minimum absolute atomic E-state index is 0. The van der Waals surface area contributed by atoms with E-state index in [0.717, 1.165) is 11.3 Å². The zero-order chi connectivity index (χ0) is 21.8. The molecule has 0 radical (unpaired) electrons. The molecule has 3 N–H and O–H groups in total. The van der Waals surface area contributed by atoms with Crippen LogP contribution in [-0.2, 0) is 10.1 Å². The molecule has 0 fully saturated rings. The van der Waals surface area contributed by atoms with E-state index >= 15 is 0 Å². The second-order valence-electron chi connectivity index (χ2n) is 6.71. The first-order valence-electron chi connectivity index (χ1n) is 9.31. The average molecular weight is 454 g/mol. The molecule has 0 aliphatic heterocycles. The number of rotatable bonds is 5. The molecule has 0 bridgehead atoms. The third-order valence-corrected chi connectivity index (χ3v) is 5.49. The van der Waals surface area contributed by atoms with Gasteiger partial charge in [0.1, 0.15) is 16.3 Å². The number of nitrogen functional groups attached to an aromatic ring is 1. The summed E-state index contributed by atoms with van der Waals surface area (Å²) in [5.74, 6) is 0. The summed E-state index contributed by atoms with van der Waals surface area (Å²) in [6.07, 6.45) is 5.39. The number of fused-ring (bicyclic) bond motifs is 1. The van der Waals surface area contributed by atoms with Crippen molar-refractivity contribution in [1.29, 1.82) is 0 Å². The van der Waals surface area contributed by atoms with E-state index in [0.29, 0.717) is 16.5 Å². The van der Waals surface area contributed by atoms with Gasteiger partial charge in [0, 0.05) is 10.8 Å². The zero-order valence-electron chi connectivity index (χ0n) is 16.3. The van der Waals surface area contributed by atoms with Gasteiger partial charge in [0.05, 0.1) is 17.6 Å². The van der Waals surface area contributed by atoms with Crippen LogP contribution in [0.15, 0.2) is 94.1 Å². The van der Waals surface area contributed by atoms with Gasteiger partial charge in [0.2, 0.25) is 0 Å². The van der Waals surface area contributed by atoms with Crippen molar-refractivity contribution in [3.05, 3.63) is 90.3 Å². The molecule has 4 aromatic rings. The first kappa shape index (κ1) is 23.8. The molecule has 4 rings (SSSR count). The van der Waals surface area contributed by atoms with E-state index in [9.17, 15) is 13.0 Å². The third kappa shape index (κ3) is 5.48. The molecule has 3 aromatic carbocycles. The second kappa shape index (κ2) is 10.2. The zero-order valence-corrected chi connectivity index (χ0v) is 17.1. The number of azo groups is 1. The molecule has 0 saturated carbocycles. The summed E-state index contributed by atoms with van der Waals surface area (Å²) in [5.41, 5.74) is 8.85. The maximum absolute atomic E-state index is 11.8. The molecule has 0 saturated heterocycles. The van der Waals surface area contributed by atoms with Crippen LogP contribution in [-0.4, -0.2) is 47.5 Å². The van der Waals surface area contributed by atoms with Crippen molar-refractivity contribution in [2.45, 2.75) is 4.90 Å². The molecule has 1 heterocycles. The summed E-state index contributed by atoms with van der Waals surface area (Å²) in [5, 5.41) is 8.98. The number of hydrogen-bond donors (Lipinski definition) is 2. The van der Waals surface area contributed by atoms with E-state index in [1.807, 2.05) is 42.5 Å². The van der Waals surface area contributed by atoms with Crippen LogP contribution in [0.4, 0.5) is 17.1 Å². The Morgan fingerprint density at radius 1 is 0.875 bits per heavy atom. The van der Waals surface area contributed by atoms with Crippen molar-refractivity contribution in [3.8, 4) is 0 Å². The van der Waals surface area contributed by atoms with Crippen LogP contribution in [0.5, 0.6) is 0 Å². The first-order chi connectivity index (χ1) is 14.9. The van der Waals surface area contributed by atoms with Crippen molar-refractivity contribution in [1.82, 2.24) is 4.98 Å². The molecule has 1 aromatic heterocycles. The topological polar surface area (TPSA) is 118 Å². The van der Waals surface area contributed by atoms with Gasteiger partial charge in [-0.3, -0.25) is 9.54 Å². The Labute approximate surface area is 207 Å². The summed E-state index contributed by atoms with van der Waals surface area (Å²) < 4.78 is 33.2. The standard InChI is InChI=1S/C23H18N4O3S.Na.H/c24-23-20-9-5-4-8-19(20)22(31(28,29)30)14-21(23)27-26-18-13-12-17(25-15-18)11-10-16-6-2-1-3-7-16;;/h1-15H,24H2,(H,28,29,30);;. The van der Waals surface area contributed by atoms with Crippen LogP contribution in [0.2, 0.25) is 0 Å². The van der Waals surface area contributed by atoms with Gasteiger partial charge < -0.3 is 5.73 Å². The molecular formula is C23H19N4NaO3S. The number of pyridine rings is 1. The normalized spacial score (nSPS) is 11.8.